The molecule has 0 bridgehead atoms. The molecule has 9 N–H and O–H groups in total. The number of Topliss-reactive ketones (excluding diaryl/α,β-unsaturated/α-hetero) is 2. The number of carboxylic acids is 1. The van der Waals surface area contributed by atoms with E-state index in [4.69, 9.17) is 75.8 Å². The summed E-state index contributed by atoms with van der Waals surface area (Å²) >= 11 is 0. The van der Waals surface area contributed by atoms with Gasteiger partial charge in [0.1, 0.15) is 61.3 Å². The zero-order valence-corrected chi connectivity index (χ0v) is 52.1. The normalized spacial score (nSPS) is 21.5. The summed E-state index contributed by atoms with van der Waals surface area (Å²) in [5, 5.41) is 74.3. The molecule has 2 aliphatic heterocycles. The molecule has 30 nitrogen and oxygen atoms in total. The van der Waals surface area contributed by atoms with Crippen molar-refractivity contribution >= 4 is 29.4 Å². The summed E-state index contributed by atoms with van der Waals surface area (Å²) in [5.41, 5.74) is 1.19. The highest BCUT2D eigenvalue weighted by atomic mass is 16.7. The van der Waals surface area contributed by atoms with E-state index in [0.717, 1.165) is 0 Å². The van der Waals surface area contributed by atoms with Gasteiger partial charge in [0.25, 0.3) is 0 Å². The number of ether oxygens (including phenoxy) is 16. The van der Waals surface area contributed by atoms with E-state index in [-0.39, 0.29) is 140 Å². The number of hydrogen-bond acceptors (Lipinski definition) is 27. The first kappa shape index (κ1) is 78.4. The van der Waals surface area contributed by atoms with Gasteiger partial charge >= 0.3 is 5.97 Å². The molecule has 2 amide bonds. The molecule has 518 valence electrons. The minimum atomic E-state index is -1.38. The molecule has 2 aliphatic rings. The van der Waals surface area contributed by atoms with E-state index in [1.807, 2.05) is 0 Å². The van der Waals surface area contributed by atoms with Gasteiger partial charge in [0.15, 0.2) is 24.1 Å². The molecule has 2 aromatic carbocycles. The van der Waals surface area contributed by atoms with Crippen LogP contribution in [0.5, 0.6) is 11.5 Å². The lowest BCUT2D eigenvalue weighted by molar-refractivity contribution is -0.294. The minimum absolute atomic E-state index is 0.0209. The molecule has 0 unspecified atom stereocenters. The second kappa shape index (κ2) is 47.8. The molecule has 30 heteroatoms. The Morgan fingerprint density at radius 1 is 0.396 bits per heavy atom. The predicted octanol–water partition coefficient (Wildman–Crippen LogP) is -0.625. The van der Waals surface area contributed by atoms with E-state index in [1.165, 1.54) is 12.1 Å². The molecule has 0 spiro atoms. The van der Waals surface area contributed by atoms with Crippen molar-refractivity contribution in [2.75, 3.05) is 172 Å². The number of hydrogen-bond donors (Lipinski definition) is 9. The van der Waals surface area contributed by atoms with Crippen molar-refractivity contribution in [3.63, 3.8) is 0 Å². The van der Waals surface area contributed by atoms with Gasteiger partial charge in [-0.2, -0.15) is 0 Å². The zero-order chi connectivity index (χ0) is 65.9. The fourth-order valence-corrected chi connectivity index (χ4v) is 8.44. The lowest BCUT2D eigenvalue weighted by Gasteiger charge is -2.38. The Hall–Kier alpha value is -5.01. The van der Waals surface area contributed by atoms with Crippen LogP contribution in [0.2, 0.25) is 0 Å². The third-order valence-electron chi connectivity index (χ3n) is 13.6. The number of carboxylic acid groups (broad SMARTS) is 1. The molecule has 2 aromatic rings. The highest BCUT2D eigenvalue weighted by Crippen LogP contribution is 2.29. The minimum Gasteiger partial charge on any atom is -0.486 e. The summed E-state index contributed by atoms with van der Waals surface area (Å²) in [4.78, 5) is 61.1. The summed E-state index contributed by atoms with van der Waals surface area (Å²) in [6, 6.07) is 11.3. The Morgan fingerprint density at radius 3 is 1.16 bits per heavy atom. The van der Waals surface area contributed by atoms with Crippen molar-refractivity contribution in [3.8, 4) is 22.6 Å². The number of ketones is 2. The third-order valence-corrected chi connectivity index (χ3v) is 13.6. The summed E-state index contributed by atoms with van der Waals surface area (Å²) in [5.74, 6) is -1.18. The van der Waals surface area contributed by atoms with Crippen LogP contribution in [0.1, 0.15) is 62.7 Å². The van der Waals surface area contributed by atoms with Gasteiger partial charge in [-0.25, -0.2) is 4.79 Å². The number of amides is 2. The maximum Gasteiger partial charge on any atom is 0.335 e. The van der Waals surface area contributed by atoms with Gasteiger partial charge in [0.05, 0.1) is 150 Å². The maximum absolute atomic E-state index is 12.6. The molecule has 0 aliphatic carbocycles. The van der Waals surface area contributed by atoms with Crippen LogP contribution in [-0.4, -0.2) is 298 Å². The van der Waals surface area contributed by atoms with Crippen LogP contribution < -0.4 is 20.1 Å². The number of carbonyl (C=O) groups is 5. The Labute approximate surface area is 530 Å². The van der Waals surface area contributed by atoms with Crippen LogP contribution in [-0.2, 0) is 85.5 Å². The van der Waals surface area contributed by atoms with Crippen LogP contribution >= 0.6 is 0 Å². The lowest BCUT2D eigenvalue weighted by atomic mass is 10.0. The maximum atomic E-state index is 12.6. The van der Waals surface area contributed by atoms with Gasteiger partial charge in [0, 0.05) is 52.0 Å². The van der Waals surface area contributed by atoms with Crippen molar-refractivity contribution in [2.45, 2.75) is 114 Å². The Balaban J connectivity index is 0.889. The summed E-state index contributed by atoms with van der Waals surface area (Å²) < 4.78 is 87.6. The number of aromatic carboxylic acids is 1. The Bertz CT molecular complexity index is 2300. The van der Waals surface area contributed by atoms with E-state index < -0.39 is 67.4 Å². The molecule has 0 radical (unpaired) electrons. The van der Waals surface area contributed by atoms with Crippen molar-refractivity contribution in [3.05, 3.63) is 48.0 Å². The molecule has 4 rings (SSSR count). The zero-order valence-electron chi connectivity index (χ0n) is 52.1. The first-order chi connectivity index (χ1) is 44.0. The first-order valence-electron chi connectivity index (χ1n) is 30.7. The molecule has 2 saturated heterocycles. The first-order valence-corrected chi connectivity index (χ1v) is 30.7. The monoisotopic (exact) mass is 1300 g/mol. The highest BCUT2D eigenvalue weighted by molar-refractivity contribution is 5.90. The van der Waals surface area contributed by atoms with Crippen LogP contribution in [0.15, 0.2) is 42.5 Å². The average Bonchev–Trinajstić information content (AvgIpc) is 1.11. The van der Waals surface area contributed by atoms with E-state index in [2.05, 4.69) is 10.6 Å². The smallest absolute Gasteiger partial charge is 0.335 e. The van der Waals surface area contributed by atoms with Crippen LogP contribution in [0, 0.1) is 0 Å². The topological polar surface area (TPSA) is 399 Å². The predicted molar refractivity (Wildman–Crippen MR) is 318 cm³/mol. The Morgan fingerprint density at radius 2 is 0.758 bits per heavy atom. The highest BCUT2D eigenvalue weighted by Gasteiger charge is 2.43. The molecule has 91 heavy (non-hydrogen) atoms. The number of aliphatic hydroxyl groups is 6. The molecule has 0 aromatic heterocycles. The van der Waals surface area contributed by atoms with Crippen molar-refractivity contribution in [1.82, 2.24) is 10.6 Å². The summed E-state index contributed by atoms with van der Waals surface area (Å²) in [6.45, 7) is 9.46. The number of benzene rings is 2. The molecule has 2 heterocycles. The number of rotatable bonds is 54. The summed E-state index contributed by atoms with van der Waals surface area (Å²) in [7, 11) is 0. The standard InChI is InChI=1S/C61H96N2O28/c1-42-53(68)55(70)57(72)60(90-42)86-35-33-80-19-13-62-51(66)11-17-78-23-27-84-31-29-82-25-21-76-15-3-5-47(64)40-88-49-9-7-44(8-10-49)45-37-46(59(74)75)39-50(38-45)89-41-48(65)6-4-16-77-22-26-83-30-32-85-28-24-79-18-12-52(67)63-14-20-81-34-36-87-61-58(73)56(71)54(69)43(2)91-61/h7-10,37-39,42-43,53-58,60-61,68-73H,3-6,11-36,40-41H2,1-2H3,(H,62,66)(H,63,67)(H,74,75)/t42-,43-,53-,54-,55+,56+,57+,58+,60+,61+/m0/s1. The average molecular weight is 1310 g/mol. The number of nitrogens with one attached hydrogen (secondary N) is 2. The largest absolute Gasteiger partial charge is 0.486 e. The van der Waals surface area contributed by atoms with Gasteiger partial charge in [-0.15, -0.1) is 0 Å². The quantitative estimate of drug-likeness (QED) is 0.0373. The fraction of sp³-hybridized carbons (Fsp3) is 0.721. The van der Waals surface area contributed by atoms with Crippen LogP contribution in [0.4, 0.5) is 0 Å². The molecular weight excluding hydrogens is 1210 g/mol. The SMILES string of the molecule is C[C@@H]1O[C@@H](OCCOCCNC(=O)CCOCCOCCOCCOCCCC(=O)COc2ccc(-c3cc(OCC(=O)CCCOCCOCCOCCOCCC(=O)NCCOCCO[C@@H]4O[C@@H](C)[C@H](O)[C@@H](O)[C@H]4O)cc(C(=O)O)c3)cc2)[C@H](O)[C@H](O)[C@H]1O. The number of carbonyl (C=O) groups excluding carboxylic acids is 4. The molecule has 10 atom stereocenters. The van der Waals surface area contributed by atoms with Gasteiger partial charge < -0.3 is 122 Å². The van der Waals surface area contributed by atoms with E-state index >= 15 is 0 Å². The fourth-order valence-electron chi connectivity index (χ4n) is 8.44. The van der Waals surface area contributed by atoms with Gasteiger partial charge in [-0.3, -0.25) is 19.2 Å². The van der Waals surface area contributed by atoms with E-state index in [1.54, 1.807) is 44.2 Å². The second-order valence-corrected chi connectivity index (χ2v) is 20.9. The van der Waals surface area contributed by atoms with Crippen LogP contribution in [0.3, 0.4) is 0 Å². The van der Waals surface area contributed by atoms with E-state index in [9.17, 15) is 59.7 Å². The molecule has 0 saturated carbocycles. The molecule has 2 fully saturated rings. The van der Waals surface area contributed by atoms with Gasteiger partial charge in [-0.05, 0) is 68.1 Å². The molecular formula is C61H96N2O28. The van der Waals surface area contributed by atoms with Crippen molar-refractivity contribution < 1.29 is 136 Å². The summed E-state index contributed by atoms with van der Waals surface area (Å²) in [6.07, 6.45) is -9.74. The second-order valence-electron chi connectivity index (χ2n) is 20.9. The lowest BCUT2D eigenvalue weighted by Crippen LogP contribution is -2.57. The van der Waals surface area contributed by atoms with Crippen LogP contribution in [0.25, 0.3) is 11.1 Å². The van der Waals surface area contributed by atoms with Crippen molar-refractivity contribution in [2.24, 2.45) is 0 Å². The van der Waals surface area contributed by atoms with Gasteiger partial charge in [0.2, 0.25) is 11.8 Å². The number of aliphatic hydroxyl groups excluding tert-OH is 6. The third kappa shape index (κ3) is 34.1. The van der Waals surface area contributed by atoms with E-state index in [0.29, 0.717) is 122 Å². The van der Waals surface area contributed by atoms with Crippen molar-refractivity contribution in [1.29, 1.82) is 0 Å². The van der Waals surface area contributed by atoms with Gasteiger partial charge in [-0.1, -0.05) is 12.1 Å². The Kier molecular flexibility index (Phi) is 41.2.